The molecule has 0 spiro atoms. The van der Waals surface area contributed by atoms with Gasteiger partial charge in [0.15, 0.2) is 11.7 Å². The van der Waals surface area contributed by atoms with Gasteiger partial charge < -0.3 is 14.5 Å². The van der Waals surface area contributed by atoms with E-state index in [2.05, 4.69) is 17.2 Å². The zero-order valence-corrected chi connectivity index (χ0v) is 15.9. The van der Waals surface area contributed by atoms with Crippen LogP contribution < -0.4 is 10.1 Å². The first kappa shape index (κ1) is 18.7. The van der Waals surface area contributed by atoms with Crippen LogP contribution in [0.25, 0.3) is 11.3 Å². The molecule has 0 saturated carbocycles. The fourth-order valence-electron chi connectivity index (χ4n) is 2.94. The lowest BCUT2D eigenvalue weighted by molar-refractivity contribution is -0.116. The summed E-state index contributed by atoms with van der Waals surface area (Å²) in [5.41, 5.74) is 4.05. The molecule has 0 unspecified atom stereocenters. The molecule has 27 heavy (non-hydrogen) atoms. The number of para-hydroxylation sites is 1. The third-order valence-corrected chi connectivity index (χ3v) is 4.50. The Morgan fingerprint density at radius 1 is 1.19 bits per heavy atom. The number of aryl methyl sites for hydroxylation is 3. The van der Waals surface area contributed by atoms with Crippen molar-refractivity contribution in [3.63, 3.8) is 0 Å². The van der Waals surface area contributed by atoms with Crippen molar-refractivity contribution in [1.82, 2.24) is 4.98 Å². The number of hydrogen-bond acceptors (Lipinski definition) is 4. The number of aromatic nitrogens is 1. The van der Waals surface area contributed by atoms with Gasteiger partial charge in [0, 0.05) is 24.1 Å². The number of ether oxygens (including phenoxy) is 1. The molecule has 0 saturated heterocycles. The standard InChI is InChI=1S/C22H24N2O3/c1-4-16-7-5-6-15(2)22(16)24-20(25)12-13-21-23-14-19(27-21)17-8-10-18(26-3)11-9-17/h5-11,14H,4,12-13H2,1-3H3,(H,24,25). The Bertz CT molecular complexity index is 914. The normalized spacial score (nSPS) is 10.6. The highest BCUT2D eigenvalue weighted by Gasteiger charge is 2.12. The number of rotatable bonds is 7. The summed E-state index contributed by atoms with van der Waals surface area (Å²) in [6.07, 6.45) is 3.34. The van der Waals surface area contributed by atoms with Crippen molar-refractivity contribution in [1.29, 1.82) is 0 Å². The number of nitrogens with one attached hydrogen (secondary N) is 1. The SMILES string of the molecule is CCc1cccc(C)c1NC(=O)CCc1ncc(-c2ccc(OC)cc2)o1. The zero-order chi connectivity index (χ0) is 19.2. The van der Waals surface area contributed by atoms with Crippen LogP contribution >= 0.6 is 0 Å². The molecule has 2 aromatic carbocycles. The van der Waals surface area contributed by atoms with E-state index in [1.165, 1.54) is 0 Å². The molecule has 0 aliphatic heterocycles. The van der Waals surface area contributed by atoms with Gasteiger partial charge in [-0.05, 0) is 48.7 Å². The number of carbonyl (C=O) groups excluding carboxylic acids is 1. The topological polar surface area (TPSA) is 64.4 Å². The maximum atomic E-state index is 12.4. The lowest BCUT2D eigenvalue weighted by atomic mass is 10.1. The van der Waals surface area contributed by atoms with Gasteiger partial charge in [0.25, 0.3) is 0 Å². The predicted octanol–water partition coefficient (Wildman–Crippen LogP) is 4.79. The molecule has 0 aliphatic carbocycles. The van der Waals surface area contributed by atoms with E-state index in [1.54, 1.807) is 13.3 Å². The minimum atomic E-state index is -0.0387. The van der Waals surface area contributed by atoms with Crippen molar-refractivity contribution in [2.45, 2.75) is 33.1 Å². The number of anilines is 1. The Hall–Kier alpha value is -3.08. The number of nitrogens with zero attached hydrogens (tertiary/aromatic N) is 1. The molecule has 1 aromatic heterocycles. The summed E-state index contributed by atoms with van der Waals surface area (Å²) in [5.74, 6) is 1.98. The van der Waals surface area contributed by atoms with Crippen molar-refractivity contribution >= 4 is 11.6 Å². The van der Waals surface area contributed by atoms with Crippen molar-refractivity contribution < 1.29 is 13.9 Å². The molecule has 0 atom stereocenters. The van der Waals surface area contributed by atoms with Gasteiger partial charge >= 0.3 is 0 Å². The summed E-state index contributed by atoms with van der Waals surface area (Å²) < 4.78 is 10.9. The van der Waals surface area contributed by atoms with E-state index >= 15 is 0 Å². The van der Waals surface area contributed by atoms with E-state index in [0.29, 0.717) is 24.5 Å². The first-order chi connectivity index (χ1) is 13.1. The van der Waals surface area contributed by atoms with Crippen molar-refractivity contribution in [3.8, 4) is 17.1 Å². The average Bonchev–Trinajstić information content (AvgIpc) is 3.17. The van der Waals surface area contributed by atoms with E-state index in [4.69, 9.17) is 9.15 Å². The van der Waals surface area contributed by atoms with Crippen LogP contribution in [-0.2, 0) is 17.6 Å². The summed E-state index contributed by atoms with van der Waals surface area (Å²) in [6.45, 7) is 4.09. The molecule has 5 heteroatoms. The third kappa shape index (κ3) is 4.56. The number of carbonyl (C=O) groups is 1. The van der Waals surface area contributed by atoms with Gasteiger partial charge in [0.05, 0.1) is 13.3 Å². The molecule has 0 radical (unpaired) electrons. The van der Waals surface area contributed by atoms with Crippen LogP contribution in [0.3, 0.4) is 0 Å². The number of oxazole rings is 1. The van der Waals surface area contributed by atoms with Gasteiger partial charge in [-0.15, -0.1) is 0 Å². The van der Waals surface area contributed by atoms with E-state index in [-0.39, 0.29) is 5.91 Å². The second kappa shape index (κ2) is 8.54. The first-order valence-electron chi connectivity index (χ1n) is 9.08. The van der Waals surface area contributed by atoms with Gasteiger partial charge in [-0.2, -0.15) is 0 Å². The summed E-state index contributed by atoms with van der Waals surface area (Å²) in [4.78, 5) is 16.6. The number of benzene rings is 2. The molecule has 3 aromatic rings. The van der Waals surface area contributed by atoms with Gasteiger partial charge in [-0.3, -0.25) is 4.79 Å². The molecule has 140 valence electrons. The minimum Gasteiger partial charge on any atom is -0.497 e. The Labute approximate surface area is 159 Å². The van der Waals surface area contributed by atoms with Crippen LogP contribution in [0.2, 0.25) is 0 Å². The second-order valence-electron chi connectivity index (χ2n) is 6.36. The van der Waals surface area contributed by atoms with E-state index in [9.17, 15) is 4.79 Å². The van der Waals surface area contributed by atoms with Crippen LogP contribution in [0.15, 0.2) is 53.1 Å². The molecule has 0 fully saturated rings. The molecule has 3 rings (SSSR count). The fourth-order valence-corrected chi connectivity index (χ4v) is 2.94. The Morgan fingerprint density at radius 3 is 2.67 bits per heavy atom. The minimum absolute atomic E-state index is 0.0387. The van der Waals surface area contributed by atoms with Gasteiger partial charge in [0.1, 0.15) is 5.75 Å². The molecule has 1 heterocycles. The number of amides is 1. The number of hydrogen-bond donors (Lipinski definition) is 1. The predicted molar refractivity (Wildman–Crippen MR) is 106 cm³/mol. The van der Waals surface area contributed by atoms with Crippen molar-refractivity contribution in [3.05, 3.63) is 65.7 Å². The summed E-state index contributed by atoms with van der Waals surface area (Å²) in [7, 11) is 1.63. The van der Waals surface area contributed by atoms with Crippen LogP contribution in [0, 0.1) is 6.92 Å². The fraction of sp³-hybridized carbons (Fsp3) is 0.273. The molecule has 0 bridgehead atoms. The van der Waals surface area contributed by atoms with Crippen LogP contribution in [0.4, 0.5) is 5.69 Å². The Balaban J connectivity index is 1.60. The lowest BCUT2D eigenvalue weighted by Gasteiger charge is -2.12. The van der Waals surface area contributed by atoms with Crippen molar-refractivity contribution in [2.24, 2.45) is 0 Å². The largest absolute Gasteiger partial charge is 0.497 e. The van der Waals surface area contributed by atoms with Crippen LogP contribution in [0.5, 0.6) is 5.75 Å². The van der Waals surface area contributed by atoms with Crippen LogP contribution in [0.1, 0.15) is 30.4 Å². The Kier molecular flexibility index (Phi) is 5.91. The molecule has 5 nitrogen and oxygen atoms in total. The molecule has 1 N–H and O–H groups in total. The molecule has 0 aliphatic rings. The quantitative estimate of drug-likeness (QED) is 0.654. The second-order valence-corrected chi connectivity index (χ2v) is 6.36. The first-order valence-corrected chi connectivity index (χ1v) is 9.08. The smallest absolute Gasteiger partial charge is 0.224 e. The zero-order valence-electron chi connectivity index (χ0n) is 15.9. The molecular weight excluding hydrogens is 340 g/mol. The van der Waals surface area contributed by atoms with Crippen LogP contribution in [-0.4, -0.2) is 18.0 Å². The van der Waals surface area contributed by atoms with E-state index in [0.717, 1.165) is 34.5 Å². The average molecular weight is 364 g/mol. The molecular formula is C22H24N2O3. The highest BCUT2D eigenvalue weighted by Crippen LogP contribution is 2.24. The highest BCUT2D eigenvalue weighted by molar-refractivity contribution is 5.92. The highest BCUT2D eigenvalue weighted by atomic mass is 16.5. The third-order valence-electron chi connectivity index (χ3n) is 4.50. The van der Waals surface area contributed by atoms with E-state index in [1.807, 2.05) is 49.4 Å². The molecule has 1 amide bonds. The van der Waals surface area contributed by atoms with E-state index < -0.39 is 0 Å². The summed E-state index contributed by atoms with van der Waals surface area (Å²) in [5, 5.41) is 3.03. The summed E-state index contributed by atoms with van der Waals surface area (Å²) >= 11 is 0. The van der Waals surface area contributed by atoms with Gasteiger partial charge in [-0.25, -0.2) is 4.98 Å². The maximum Gasteiger partial charge on any atom is 0.224 e. The number of methoxy groups -OCH3 is 1. The van der Waals surface area contributed by atoms with Gasteiger partial charge in [-0.1, -0.05) is 25.1 Å². The lowest BCUT2D eigenvalue weighted by Crippen LogP contribution is -2.14. The van der Waals surface area contributed by atoms with Gasteiger partial charge in [0.2, 0.25) is 5.91 Å². The summed E-state index contributed by atoms with van der Waals surface area (Å²) in [6, 6.07) is 13.6. The van der Waals surface area contributed by atoms with Crippen molar-refractivity contribution in [2.75, 3.05) is 12.4 Å². The Morgan fingerprint density at radius 2 is 1.96 bits per heavy atom. The maximum absolute atomic E-state index is 12.4. The monoisotopic (exact) mass is 364 g/mol.